The molecule has 1 aromatic carbocycles. The Morgan fingerprint density at radius 1 is 1.15 bits per heavy atom. The average Bonchev–Trinajstić information content (AvgIpc) is 3.39. The standard InChI is InChI=1S/C20H18N2O3S/c23-20(21-14-16-7-4-10-24-16)18-13-19-17(8-12-26-19)22(18)9-11-25-15-5-2-1-3-6-15/h1-8,10,12-13H,9,11,14H2,(H,21,23). The second kappa shape index (κ2) is 7.49. The molecule has 0 aliphatic rings. The first kappa shape index (κ1) is 16.5. The number of aromatic nitrogens is 1. The summed E-state index contributed by atoms with van der Waals surface area (Å²) < 4.78 is 14.2. The number of thiophene rings is 1. The van der Waals surface area contributed by atoms with Gasteiger partial charge in [0.2, 0.25) is 0 Å². The molecular formula is C20H18N2O3S. The fraction of sp³-hybridized carbons (Fsp3) is 0.150. The summed E-state index contributed by atoms with van der Waals surface area (Å²) in [6.45, 7) is 1.45. The van der Waals surface area contributed by atoms with Crippen LogP contribution < -0.4 is 10.1 Å². The minimum absolute atomic E-state index is 0.121. The lowest BCUT2D eigenvalue weighted by Crippen LogP contribution is -2.26. The van der Waals surface area contributed by atoms with Gasteiger partial charge in [-0.05, 0) is 41.8 Å². The minimum Gasteiger partial charge on any atom is -0.492 e. The predicted octanol–water partition coefficient (Wildman–Crippen LogP) is 4.30. The van der Waals surface area contributed by atoms with Gasteiger partial charge in [0.05, 0.1) is 29.6 Å². The van der Waals surface area contributed by atoms with E-state index in [1.54, 1.807) is 23.7 Å². The highest BCUT2D eigenvalue weighted by atomic mass is 32.1. The van der Waals surface area contributed by atoms with E-state index in [1.807, 2.05) is 58.5 Å². The number of ether oxygens (including phenoxy) is 1. The Labute approximate surface area is 154 Å². The Morgan fingerprint density at radius 3 is 2.85 bits per heavy atom. The number of furan rings is 1. The molecule has 0 aliphatic carbocycles. The minimum atomic E-state index is -0.121. The maximum atomic E-state index is 12.7. The summed E-state index contributed by atoms with van der Waals surface area (Å²) in [5, 5.41) is 4.94. The third-order valence-corrected chi connectivity index (χ3v) is 4.94. The number of amides is 1. The average molecular weight is 366 g/mol. The Bertz CT molecular complexity index is 987. The zero-order valence-corrected chi connectivity index (χ0v) is 14.9. The summed E-state index contributed by atoms with van der Waals surface area (Å²) in [5.41, 5.74) is 1.69. The summed E-state index contributed by atoms with van der Waals surface area (Å²) in [5.74, 6) is 1.43. The van der Waals surface area contributed by atoms with Gasteiger partial charge >= 0.3 is 0 Å². The number of benzene rings is 1. The van der Waals surface area contributed by atoms with Crippen molar-refractivity contribution in [2.45, 2.75) is 13.1 Å². The molecule has 0 saturated heterocycles. The highest BCUT2D eigenvalue weighted by Crippen LogP contribution is 2.25. The normalized spacial score (nSPS) is 10.9. The predicted molar refractivity (Wildman–Crippen MR) is 102 cm³/mol. The number of para-hydroxylation sites is 1. The maximum absolute atomic E-state index is 12.7. The van der Waals surface area contributed by atoms with Gasteiger partial charge in [-0.3, -0.25) is 4.79 Å². The molecule has 0 bridgehead atoms. The van der Waals surface area contributed by atoms with Crippen molar-refractivity contribution in [3.63, 3.8) is 0 Å². The van der Waals surface area contributed by atoms with Crippen LogP contribution in [0.2, 0.25) is 0 Å². The van der Waals surface area contributed by atoms with Crippen molar-refractivity contribution in [3.05, 3.63) is 77.7 Å². The van der Waals surface area contributed by atoms with Gasteiger partial charge in [-0.15, -0.1) is 11.3 Å². The molecular weight excluding hydrogens is 348 g/mol. The van der Waals surface area contributed by atoms with E-state index in [0.717, 1.165) is 21.7 Å². The lowest BCUT2D eigenvalue weighted by molar-refractivity contribution is 0.0938. The lowest BCUT2D eigenvalue weighted by atomic mass is 10.3. The molecule has 3 heterocycles. The number of carbonyl (C=O) groups is 1. The van der Waals surface area contributed by atoms with E-state index in [9.17, 15) is 4.79 Å². The molecule has 1 amide bonds. The van der Waals surface area contributed by atoms with Gasteiger partial charge in [0.15, 0.2) is 0 Å². The molecule has 132 valence electrons. The first-order chi connectivity index (χ1) is 12.8. The summed E-state index contributed by atoms with van der Waals surface area (Å²) in [6, 6.07) is 17.3. The molecule has 0 fully saturated rings. The summed E-state index contributed by atoms with van der Waals surface area (Å²) >= 11 is 1.63. The molecule has 0 atom stereocenters. The fourth-order valence-electron chi connectivity index (χ4n) is 2.85. The molecule has 0 aliphatic heterocycles. The van der Waals surface area contributed by atoms with E-state index in [2.05, 4.69) is 5.32 Å². The van der Waals surface area contributed by atoms with Crippen molar-refractivity contribution < 1.29 is 13.9 Å². The first-order valence-corrected chi connectivity index (χ1v) is 9.24. The molecule has 26 heavy (non-hydrogen) atoms. The molecule has 5 nitrogen and oxygen atoms in total. The van der Waals surface area contributed by atoms with E-state index in [-0.39, 0.29) is 5.91 Å². The molecule has 0 unspecified atom stereocenters. The van der Waals surface area contributed by atoms with E-state index in [0.29, 0.717) is 25.4 Å². The van der Waals surface area contributed by atoms with Crippen molar-refractivity contribution in [1.82, 2.24) is 9.88 Å². The number of nitrogens with one attached hydrogen (secondary N) is 1. The Hall–Kier alpha value is -2.99. The van der Waals surface area contributed by atoms with Crippen LogP contribution in [0, 0.1) is 0 Å². The van der Waals surface area contributed by atoms with Crippen LogP contribution in [-0.4, -0.2) is 17.1 Å². The lowest BCUT2D eigenvalue weighted by Gasteiger charge is -2.11. The smallest absolute Gasteiger partial charge is 0.268 e. The van der Waals surface area contributed by atoms with Crippen molar-refractivity contribution in [1.29, 1.82) is 0 Å². The third kappa shape index (κ3) is 3.50. The monoisotopic (exact) mass is 366 g/mol. The summed E-state index contributed by atoms with van der Waals surface area (Å²) in [6.07, 6.45) is 1.60. The maximum Gasteiger partial charge on any atom is 0.268 e. The van der Waals surface area contributed by atoms with Crippen LogP contribution in [0.15, 0.2) is 70.7 Å². The van der Waals surface area contributed by atoms with E-state index in [1.165, 1.54) is 0 Å². The quantitative estimate of drug-likeness (QED) is 0.530. The molecule has 6 heteroatoms. The van der Waals surface area contributed by atoms with E-state index < -0.39 is 0 Å². The highest BCUT2D eigenvalue weighted by molar-refractivity contribution is 7.17. The van der Waals surface area contributed by atoms with Crippen LogP contribution in [0.1, 0.15) is 16.2 Å². The van der Waals surface area contributed by atoms with Crippen LogP contribution in [-0.2, 0) is 13.1 Å². The number of hydrogen-bond donors (Lipinski definition) is 1. The SMILES string of the molecule is O=C(NCc1ccco1)c1cc2sccc2n1CCOc1ccccc1. The topological polar surface area (TPSA) is 56.4 Å². The van der Waals surface area contributed by atoms with Gasteiger partial charge in [0, 0.05) is 0 Å². The van der Waals surface area contributed by atoms with Crippen LogP contribution in [0.3, 0.4) is 0 Å². The zero-order valence-electron chi connectivity index (χ0n) is 14.1. The van der Waals surface area contributed by atoms with Crippen LogP contribution >= 0.6 is 11.3 Å². The fourth-order valence-corrected chi connectivity index (χ4v) is 3.67. The van der Waals surface area contributed by atoms with Crippen molar-refractivity contribution in [3.8, 4) is 5.75 Å². The Kier molecular flexibility index (Phi) is 4.75. The summed E-state index contributed by atoms with van der Waals surface area (Å²) in [4.78, 5) is 12.7. The molecule has 0 spiro atoms. The van der Waals surface area contributed by atoms with Gasteiger partial charge in [-0.25, -0.2) is 0 Å². The second-order valence-corrected chi connectivity index (χ2v) is 6.72. The van der Waals surface area contributed by atoms with Gasteiger partial charge in [0.25, 0.3) is 5.91 Å². The van der Waals surface area contributed by atoms with Crippen molar-refractivity contribution in [2.75, 3.05) is 6.61 Å². The number of nitrogens with zero attached hydrogens (tertiary/aromatic N) is 1. The van der Waals surface area contributed by atoms with Gasteiger partial charge in [-0.1, -0.05) is 18.2 Å². The molecule has 4 rings (SSSR count). The van der Waals surface area contributed by atoms with E-state index in [4.69, 9.17) is 9.15 Å². The van der Waals surface area contributed by atoms with Crippen LogP contribution in [0.5, 0.6) is 5.75 Å². The number of fused-ring (bicyclic) bond motifs is 1. The number of rotatable bonds is 7. The molecule has 1 N–H and O–H groups in total. The first-order valence-electron chi connectivity index (χ1n) is 8.36. The van der Waals surface area contributed by atoms with Gasteiger partial charge in [0.1, 0.15) is 23.8 Å². The summed E-state index contributed by atoms with van der Waals surface area (Å²) in [7, 11) is 0. The molecule has 3 aromatic heterocycles. The molecule has 0 radical (unpaired) electrons. The Morgan fingerprint density at radius 2 is 2.04 bits per heavy atom. The Balaban J connectivity index is 1.48. The van der Waals surface area contributed by atoms with Gasteiger partial charge in [-0.2, -0.15) is 0 Å². The third-order valence-electron chi connectivity index (χ3n) is 4.09. The van der Waals surface area contributed by atoms with Crippen molar-refractivity contribution in [2.24, 2.45) is 0 Å². The van der Waals surface area contributed by atoms with Crippen LogP contribution in [0.25, 0.3) is 10.2 Å². The number of carbonyl (C=O) groups excluding carboxylic acids is 1. The zero-order chi connectivity index (χ0) is 17.8. The van der Waals surface area contributed by atoms with E-state index >= 15 is 0 Å². The van der Waals surface area contributed by atoms with Crippen LogP contribution in [0.4, 0.5) is 0 Å². The highest BCUT2D eigenvalue weighted by Gasteiger charge is 2.16. The number of hydrogen-bond acceptors (Lipinski definition) is 4. The second-order valence-electron chi connectivity index (χ2n) is 5.77. The van der Waals surface area contributed by atoms with Crippen molar-refractivity contribution >= 4 is 27.5 Å². The van der Waals surface area contributed by atoms with Gasteiger partial charge < -0.3 is 19.0 Å². The largest absolute Gasteiger partial charge is 0.492 e. The molecule has 0 saturated carbocycles. The molecule has 4 aromatic rings.